The highest BCUT2D eigenvalue weighted by Crippen LogP contribution is 2.19. The zero-order chi connectivity index (χ0) is 14.5. The van der Waals surface area contributed by atoms with Crippen LogP contribution in [0.25, 0.3) is 0 Å². The smallest absolute Gasteiger partial charge is 0.129 e. The third kappa shape index (κ3) is 3.78. The summed E-state index contributed by atoms with van der Waals surface area (Å²) < 4.78 is 31.2. The molecule has 0 saturated heterocycles. The number of benzene rings is 2. The fourth-order valence-electron chi connectivity index (χ4n) is 1.86. The van der Waals surface area contributed by atoms with Crippen LogP contribution in [0, 0.1) is 11.6 Å². The lowest BCUT2D eigenvalue weighted by atomic mass is 10.1. The van der Waals surface area contributed by atoms with Crippen molar-refractivity contribution < 1.29 is 18.6 Å². The number of aliphatic hydroxyl groups excluding tert-OH is 1. The Bertz CT molecular complexity index is 547. The largest absolute Gasteiger partial charge is 0.490 e. The number of ether oxygens (including phenoxy) is 1. The molecule has 0 aliphatic heterocycles. The number of aryl methyl sites for hydroxylation is 1. The summed E-state index contributed by atoms with van der Waals surface area (Å²) >= 11 is 0. The molecule has 0 fully saturated rings. The Morgan fingerprint density at radius 3 is 2.20 bits per heavy atom. The Morgan fingerprint density at radius 2 is 1.65 bits per heavy atom. The van der Waals surface area contributed by atoms with Crippen molar-refractivity contribution in [3.8, 4) is 5.75 Å². The van der Waals surface area contributed by atoms with Gasteiger partial charge in [-0.25, -0.2) is 8.78 Å². The third-order valence-corrected chi connectivity index (χ3v) is 3.02. The molecule has 2 aromatic carbocycles. The predicted octanol–water partition coefficient (Wildman–Crippen LogP) is 3.64. The third-order valence-electron chi connectivity index (χ3n) is 3.02. The molecular formula is C16H16F2O2. The van der Waals surface area contributed by atoms with E-state index in [1.54, 1.807) is 0 Å². The van der Waals surface area contributed by atoms with E-state index >= 15 is 0 Å². The quantitative estimate of drug-likeness (QED) is 0.904. The molecule has 0 bridgehead atoms. The molecule has 0 heterocycles. The van der Waals surface area contributed by atoms with E-state index in [0.29, 0.717) is 5.56 Å². The maximum atomic E-state index is 13.0. The molecule has 0 amide bonds. The first kappa shape index (κ1) is 14.5. The van der Waals surface area contributed by atoms with E-state index in [2.05, 4.69) is 0 Å². The highest BCUT2D eigenvalue weighted by molar-refractivity contribution is 5.26. The van der Waals surface area contributed by atoms with Gasteiger partial charge in [0.2, 0.25) is 0 Å². The molecule has 2 nitrogen and oxygen atoms in total. The molecule has 1 N–H and O–H groups in total. The van der Waals surface area contributed by atoms with Crippen molar-refractivity contribution in [2.24, 2.45) is 0 Å². The van der Waals surface area contributed by atoms with Crippen LogP contribution in [0.4, 0.5) is 8.78 Å². The minimum absolute atomic E-state index is 0.0611. The number of aliphatic hydroxyl groups is 1. The average molecular weight is 278 g/mol. The summed E-state index contributed by atoms with van der Waals surface area (Å²) in [6.45, 7) is 1.99. The Kier molecular flexibility index (Phi) is 4.69. The molecule has 1 unspecified atom stereocenters. The zero-order valence-corrected chi connectivity index (χ0v) is 11.1. The SMILES string of the molecule is CCc1ccc(C(O)COc2cc(F)cc(F)c2)cc1. The van der Waals surface area contributed by atoms with E-state index < -0.39 is 17.7 Å². The maximum Gasteiger partial charge on any atom is 0.129 e. The number of halogens is 2. The molecule has 0 spiro atoms. The number of hydrogen-bond acceptors (Lipinski definition) is 2. The lowest BCUT2D eigenvalue weighted by molar-refractivity contribution is 0.108. The van der Waals surface area contributed by atoms with Crippen molar-refractivity contribution in [2.45, 2.75) is 19.4 Å². The van der Waals surface area contributed by atoms with Gasteiger partial charge in [0.25, 0.3) is 0 Å². The normalized spacial score (nSPS) is 12.2. The van der Waals surface area contributed by atoms with Gasteiger partial charge in [0.15, 0.2) is 0 Å². The summed E-state index contributed by atoms with van der Waals surface area (Å²) in [6.07, 6.45) is 0.0855. The summed E-state index contributed by atoms with van der Waals surface area (Å²) in [5, 5.41) is 9.97. The maximum absolute atomic E-state index is 13.0. The van der Waals surface area contributed by atoms with Gasteiger partial charge in [-0.15, -0.1) is 0 Å². The van der Waals surface area contributed by atoms with Crippen molar-refractivity contribution in [1.29, 1.82) is 0 Å². The molecule has 106 valence electrons. The van der Waals surface area contributed by atoms with Crippen molar-refractivity contribution >= 4 is 0 Å². The van der Waals surface area contributed by atoms with Crippen LogP contribution in [-0.4, -0.2) is 11.7 Å². The molecular weight excluding hydrogens is 262 g/mol. The van der Waals surface area contributed by atoms with Gasteiger partial charge >= 0.3 is 0 Å². The summed E-state index contributed by atoms with van der Waals surface area (Å²) in [5.74, 6) is -1.35. The minimum atomic E-state index is -0.841. The van der Waals surface area contributed by atoms with E-state index in [4.69, 9.17) is 4.74 Å². The first-order chi connectivity index (χ1) is 9.58. The fourth-order valence-corrected chi connectivity index (χ4v) is 1.86. The summed E-state index contributed by atoms with van der Waals surface area (Å²) in [7, 11) is 0. The fraction of sp³-hybridized carbons (Fsp3) is 0.250. The average Bonchev–Trinajstić information content (AvgIpc) is 2.44. The minimum Gasteiger partial charge on any atom is -0.490 e. The molecule has 2 aromatic rings. The molecule has 0 saturated carbocycles. The van der Waals surface area contributed by atoms with Crippen LogP contribution in [0.5, 0.6) is 5.75 Å². The second kappa shape index (κ2) is 6.48. The zero-order valence-electron chi connectivity index (χ0n) is 11.1. The van der Waals surface area contributed by atoms with E-state index in [0.717, 1.165) is 24.6 Å². The summed E-state index contributed by atoms with van der Waals surface area (Å²) in [5.41, 5.74) is 1.88. The molecule has 20 heavy (non-hydrogen) atoms. The van der Waals surface area contributed by atoms with Gasteiger partial charge in [0.1, 0.15) is 30.1 Å². The first-order valence-corrected chi connectivity index (χ1v) is 6.44. The van der Waals surface area contributed by atoms with E-state index in [-0.39, 0.29) is 12.4 Å². The standard InChI is InChI=1S/C16H16F2O2/c1-2-11-3-5-12(6-4-11)16(19)10-20-15-8-13(17)7-14(18)9-15/h3-9,16,19H,2,10H2,1H3. The highest BCUT2D eigenvalue weighted by Gasteiger charge is 2.09. The van der Waals surface area contributed by atoms with Gasteiger partial charge in [-0.05, 0) is 17.5 Å². The topological polar surface area (TPSA) is 29.5 Å². The highest BCUT2D eigenvalue weighted by atomic mass is 19.1. The van der Waals surface area contributed by atoms with Gasteiger partial charge in [-0.1, -0.05) is 31.2 Å². The van der Waals surface area contributed by atoms with Crippen LogP contribution in [0.2, 0.25) is 0 Å². The molecule has 2 rings (SSSR count). The van der Waals surface area contributed by atoms with Gasteiger partial charge in [-0.3, -0.25) is 0 Å². The van der Waals surface area contributed by atoms with Gasteiger partial charge in [-0.2, -0.15) is 0 Å². The van der Waals surface area contributed by atoms with Gasteiger partial charge < -0.3 is 9.84 Å². The van der Waals surface area contributed by atoms with Crippen molar-refractivity contribution in [1.82, 2.24) is 0 Å². The molecule has 0 radical (unpaired) electrons. The van der Waals surface area contributed by atoms with Crippen LogP contribution in [0.3, 0.4) is 0 Å². The molecule has 0 aromatic heterocycles. The second-order valence-corrected chi connectivity index (χ2v) is 4.53. The molecule has 1 atom stereocenters. The van der Waals surface area contributed by atoms with Crippen molar-refractivity contribution in [3.63, 3.8) is 0 Å². The second-order valence-electron chi connectivity index (χ2n) is 4.53. The van der Waals surface area contributed by atoms with Gasteiger partial charge in [0, 0.05) is 18.2 Å². The molecule has 0 aliphatic rings. The van der Waals surface area contributed by atoms with Crippen molar-refractivity contribution in [3.05, 3.63) is 65.2 Å². The lowest BCUT2D eigenvalue weighted by Gasteiger charge is -2.13. The Balaban J connectivity index is 1.98. The first-order valence-electron chi connectivity index (χ1n) is 6.44. The molecule has 4 heteroatoms. The van der Waals surface area contributed by atoms with E-state index in [1.807, 2.05) is 31.2 Å². The van der Waals surface area contributed by atoms with Crippen LogP contribution in [0.15, 0.2) is 42.5 Å². The van der Waals surface area contributed by atoms with Crippen LogP contribution >= 0.6 is 0 Å². The van der Waals surface area contributed by atoms with Gasteiger partial charge in [0.05, 0.1) is 0 Å². The Labute approximate surface area is 116 Å². The predicted molar refractivity (Wildman–Crippen MR) is 72.6 cm³/mol. The summed E-state index contributed by atoms with van der Waals surface area (Å²) in [6, 6.07) is 10.4. The van der Waals surface area contributed by atoms with Crippen LogP contribution in [-0.2, 0) is 6.42 Å². The Hall–Kier alpha value is -1.94. The summed E-state index contributed by atoms with van der Waals surface area (Å²) in [4.78, 5) is 0. The van der Waals surface area contributed by atoms with Crippen LogP contribution < -0.4 is 4.74 Å². The van der Waals surface area contributed by atoms with Crippen LogP contribution in [0.1, 0.15) is 24.2 Å². The van der Waals surface area contributed by atoms with E-state index in [9.17, 15) is 13.9 Å². The lowest BCUT2D eigenvalue weighted by Crippen LogP contribution is -2.10. The number of hydrogen-bond donors (Lipinski definition) is 1. The monoisotopic (exact) mass is 278 g/mol. The van der Waals surface area contributed by atoms with Crippen molar-refractivity contribution in [2.75, 3.05) is 6.61 Å². The number of rotatable bonds is 5. The molecule has 0 aliphatic carbocycles. The Morgan fingerprint density at radius 1 is 1.05 bits per heavy atom. The van der Waals surface area contributed by atoms with E-state index in [1.165, 1.54) is 5.56 Å².